The molecule has 7 nitrogen and oxygen atoms in total. The summed E-state index contributed by atoms with van der Waals surface area (Å²) in [6.45, 7) is 0. The van der Waals surface area contributed by atoms with E-state index in [2.05, 4.69) is 30.7 Å². The summed E-state index contributed by atoms with van der Waals surface area (Å²) in [6, 6.07) is 7.17. The normalized spacial score (nSPS) is 10.4. The summed E-state index contributed by atoms with van der Waals surface area (Å²) in [4.78, 5) is 16.1. The van der Waals surface area contributed by atoms with E-state index in [1.54, 1.807) is 19.3 Å². The van der Waals surface area contributed by atoms with Gasteiger partial charge in [-0.15, -0.1) is 10.2 Å². The maximum atomic E-state index is 11.9. The molecular formula is C12H10N6OS. The fourth-order valence-electron chi connectivity index (χ4n) is 1.64. The largest absolute Gasteiger partial charge is 0.363 e. The van der Waals surface area contributed by atoms with Crippen LogP contribution in [-0.4, -0.2) is 32.4 Å². The van der Waals surface area contributed by atoms with Crippen LogP contribution in [0.25, 0.3) is 22.0 Å². The van der Waals surface area contributed by atoms with Crippen LogP contribution in [0.3, 0.4) is 0 Å². The van der Waals surface area contributed by atoms with Crippen molar-refractivity contribution in [2.75, 3.05) is 12.4 Å². The molecule has 0 bridgehead atoms. The Balaban J connectivity index is 2.10. The molecule has 20 heavy (non-hydrogen) atoms. The summed E-state index contributed by atoms with van der Waals surface area (Å²) >= 11 is 1.30. The van der Waals surface area contributed by atoms with Gasteiger partial charge in [0.2, 0.25) is 5.13 Å². The lowest BCUT2D eigenvalue weighted by molar-refractivity contribution is 0.986. The quantitative estimate of drug-likeness (QED) is 0.755. The minimum Gasteiger partial charge on any atom is -0.363 e. The average molecular weight is 286 g/mol. The molecule has 0 aromatic carbocycles. The van der Waals surface area contributed by atoms with Crippen LogP contribution in [0.2, 0.25) is 0 Å². The molecule has 0 aliphatic heterocycles. The molecule has 3 aromatic heterocycles. The van der Waals surface area contributed by atoms with Crippen LogP contribution in [0.15, 0.2) is 35.3 Å². The van der Waals surface area contributed by atoms with Crippen molar-refractivity contribution in [3.63, 3.8) is 0 Å². The number of nitrogens with zero attached hydrogens (tertiary/aromatic N) is 4. The molecule has 0 saturated carbocycles. The highest BCUT2D eigenvalue weighted by atomic mass is 32.1. The zero-order valence-electron chi connectivity index (χ0n) is 10.5. The fourth-order valence-corrected chi connectivity index (χ4v) is 2.35. The number of aromatic amines is 1. The Morgan fingerprint density at radius 3 is 2.85 bits per heavy atom. The highest BCUT2D eigenvalue weighted by molar-refractivity contribution is 7.18. The van der Waals surface area contributed by atoms with Crippen molar-refractivity contribution in [1.29, 1.82) is 0 Å². The van der Waals surface area contributed by atoms with Gasteiger partial charge in [0.15, 0.2) is 5.01 Å². The van der Waals surface area contributed by atoms with Crippen LogP contribution in [0, 0.1) is 0 Å². The van der Waals surface area contributed by atoms with E-state index in [0.29, 0.717) is 27.1 Å². The predicted molar refractivity (Wildman–Crippen MR) is 76.5 cm³/mol. The van der Waals surface area contributed by atoms with Gasteiger partial charge in [-0.3, -0.25) is 9.78 Å². The number of aromatic nitrogens is 5. The molecule has 0 saturated heterocycles. The predicted octanol–water partition coefficient (Wildman–Crippen LogP) is 1.39. The number of hydrogen-bond donors (Lipinski definition) is 2. The number of rotatable bonds is 3. The van der Waals surface area contributed by atoms with Crippen molar-refractivity contribution >= 4 is 16.5 Å². The van der Waals surface area contributed by atoms with E-state index in [9.17, 15) is 4.79 Å². The fraction of sp³-hybridized carbons (Fsp3) is 0.0833. The van der Waals surface area contributed by atoms with E-state index in [0.717, 1.165) is 0 Å². The van der Waals surface area contributed by atoms with Gasteiger partial charge in [0, 0.05) is 13.2 Å². The van der Waals surface area contributed by atoms with Crippen molar-refractivity contribution in [2.45, 2.75) is 0 Å². The second kappa shape index (κ2) is 5.17. The van der Waals surface area contributed by atoms with Crippen molar-refractivity contribution in [3.05, 3.63) is 40.8 Å². The second-order valence-corrected chi connectivity index (χ2v) is 4.85. The van der Waals surface area contributed by atoms with E-state index in [1.165, 1.54) is 11.3 Å². The van der Waals surface area contributed by atoms with E-state index in [4.69, 9.17) is 0 Å². The standard InChI is InChI=1S/C12H10N6OS/c1-13-12-18-17-11(20-12)7-6-9(15-16-10(7)19)8-4-2-3-5-14-8/h2-6H,1H3,(H,13,18)(H,16,19). The Hall–Kier alpha value is -2.61. The molecular weight excluding hydrogens is 276 g/mol. The van der Waals surface area contributed by atoms with Crippen LogP contribution < -0.4 is 10.9 Å². The van der Waals surface area contributed by atoms with E-state index in [1.807, 2.05) is 18.2 Å². The maximum absolute atomic E-state index is 11.9. The molecule has 100 valence electrons. The first-order chi connectivity index (χ1) is 9.78. The van der Waals surface area contributed by atoms with Gasteiger partial charge in [-0.1, -0.05) is 17.4 Å². The highest BCUT2D eigenvalue weighted by Gasteiger charge is 2.12. The third-order valence-corrected chi connectivity index (χ3v) is 3.57. The number of nitrogens with one attached hydrogen (secondary N) is 2. The minimum atomic E-state index is -0.302. The SMILES string of the molecule is CNc1nnc(-c2cc(-c3ccccn3)n[nH]c2=O)s1. The summed E-state index contributed by atoms with van der Waals surface area (Å²) in [5.41, 5.74) is 1.40. The molecule has 3 aromatic rings. The first-order valence-electron chi connectivity index (χ1n) is 5.80. The Kier molecular flexibility index (Phi) is 3.21. The lowest BCUT2D eigenvalue weighted by Gasteiger charge is -2.00. The van der Waals surface area contributed by atoms with Crippen LogP contribution in [0.5, 0.6) is 0 Å². The van der Waals surface area contributed by atoms with Gasteiger partial charge in [-0.05, 0) is 18.2 Å². The summed E-state index contributed by atoms with van der Waals surface area (Å²) in [5.74, 6) is 0. The topological polar surface area (TPSA) is 96.4 Å². The molecule has 0 spiro atoms. The zero-order valence-corrected chi connectivity index (χ0v) is 11.3. The Labute approximate surface area is 117 Å². The van der Waals surface area contributed by atoms with Crippen molar-refractivity contribution in [2.24, 2.45) is 0 Å². The van der Waals surface area contributed by atoms with Crippen LogP contribution in [-0.2, 0) is 0 Å². The Morgan fingerprint density at radius 2 is 2.15 bits per heavy atom. The van der Waals surface area contributed by atoms with Gasteiger partial charge in [0.05, 0.1) is 11.3 Å². The van der Waals surface area contributed by atoms with E-state index < -0.39 is 0 Å². The lowest BCUT2D eigenvalue weighted by Crippen LogP contribution is -2.11. The highest BCUT2D eigenvalue weighted by Crippen LogP contribution is 2.25. The molecule has 0 amide bonds. The van der Waals surface area contributed by atoms with Gasteiger partial charge in [0.25, 0.3) is 5.56 Å². The van der Waals surface area contributed by atoms with Crippen LogP contribution in [0.4, 0.5) is 5.13 Å². The lowest BCUT2D eigenvalue weighted by atomic mass is 10.2. The molecule has 0 unspecified atom stereocenters. The number of anilines is 1. The van der Waals surface area contributed by atoms with E-state index in [-0.39, 0.29) is 5.56 Å². The maximum Gasteiger partial charge on any atom is 0.274 e. The molecule has 8 heteroatoms. The van der Waals surface area contributed by atoms with Crippen molar-refractivity contribution < 1.29 is 0 Å². The Morgan fingerprint density at radius 1 is 1.25 bits per heavy atom. The molecule has 0 aliphatic rings. The molecule has 0 atom stereocenters. The first kappa shape index (κ1) is 12.4. The molecule has 0 aliphatic carbocycles. The van der Waals surface area contributed by atoms with Crippen molar-refractivity contribution in [1.82, 2.24) is 25.4 Å². The number of H-pyrrole nitrogens is 1. The number of hydrogen-bond acceptors (Lipinski definition) is 7. The summed E-state index contributed by atoms with van der Waals surface area (Å²) in [7, 11) is 1.75. The Bertz CT molecular complexity index is 782. The summed E-state index contributed by atoms with van der Waals surface area (Å²) in [5, 5.41) is 18.5. The zero-order chi connectivity index (χ0) is 13.9. The third-order valence-electron chi connectivity index (χ3n) is 2.60. The van der Waals surface area contributed by atoms with Gasteiger partial charge < -0.3 is 5.32 Å². The summed E-state index contributed by atoms with van der Waals surface area (Å²) < 4.78 is 0. The van der Waals surface area contributed by atoms with Gasteiger partial charge in [-0.2, -0.15) is 5.10 Å². The average Bonchev–Trinajstić information content (AvgIpc) is 2.97. The smallest absolute Gasteiger partial charge is 0.274 e. The minimum absolute atomic E-state index is 0.302. The number of pyridine rings is 1. The van der Waals surface area contributed by atoms with Crippen LogP contribution >= 0.6 is 11.3 Å². The van der Waals surface area contributed by atoms with Crippen LogP contribution in [0.1, 0.15) is 0 Å². The van der Waals surface area contributed by atoms with Gasteiger partial charge >= 0.3 is 0 Å². The summed E-state index contributed by atoms with van der Waals surface area (Å²) in [6.07, 6.45) is 1.67. The monoisotopic (exact) mass is 286 g/mol. The molecule has 0 fully saturated rings. The molecule has 2 N–H and O–H groups in total. The first-order valence-corrected chi connectivity index (χ1v) is 6.62. The molecule has 3 rings (SSSR count). The second-order valence-electron chi connectivity index (χ2n) is 3.87. The molecule has 0 radical (unpaired) electrons. The molecule has 3 heterocycles. The van der Waals surface area contributed by atoms with Gasteiger partial charge in [-0.25, -0.2) is 5.10 Å². The third kappa shape index (κ3) is 2.28. The van der Waals surface area contributed by atoms with E-state index >= 15 is 0 Å². The van der Waals surface area contributed by atoms with Gasteiger partial charge in [0.1, 0.15) is 5.69 Å². The van der Waals surface area contributed by atoms with Crippen molar-refractivity contribution in [3.8, 4) is 22.0 Å².